The van der Waals surface area contributed by atoms with Gasteiger partial charge in [-0.1, -0.05) is 5.16 Å². The number of benzene rings is 1. The van der Waals surface area contributed by atoms with Crippen molar-refractivity contribution in [3.63, 3.8) is 0 Å². The largest absolute Gasteiger partial charge is 0.484 e. The Bertz CT molecular complexity index is 478. The van der Waals surface area contributed by atoms with E-state index in [0.717, 1.165) is 18.4 Å². The summed E-state index contributed by atoms with van der Waals surface area (Å²) in [6.07, 6.45) is 2.19. The van der Waals surface area contributed by atoms with Gasteiger partial charge in [0.1, 0.15) is 5.75 Å². The second kappa shape index (κ2) is 5.73. The molecule has 0 aliphatic heterocycles. The lowest BCUT2D eigenvalue weighted by molar-refractivity contribution is -0.132. The summed E-state index contributed by atoms with van der Waals surface area (Å²) in [6.45, 7) is 1.77. The molecule has 2 rings (SSSR count). The lowest BCUT2D eigenvalue weighted by atomic mass is 10.1. The minimum Gasteiger partial charge on any atom is -0.484 e. The average molecular weight is 262 g/mol. The molecule has 19 heavy (non-hydrogen) atoms. The summed E-state index contributed by atoms with van der Waals surface area (Å²) in [5.74, 6) is 0.631. The number of carbonyl (C=O) groups is 1. The van der Waals surface area contributed by atoms with E-state index in [0.29, 0.717) is 17.5 Å². The SMILES string of the molecule is C/C(=N\O)c1ccc(OCC(=O)N(C)C2CC2)cc1. The van der Waals surface area contributed by atoms with Crippen molar-refractivity contribution >= 4 is 11.6 Å². The zero-order chi connectivity index (χ0) is 13.8. The normalized spacial score (nSPS) is 15.2. The van der Waals surface area contributed by atoms with Gasteiger partial charge in [0, 0.05) is 13.1 Å². The van der Waals surface area contributed by atoms with Crippen LogP contribution in [0.1, 0.15) is 25.3 Å². The standard InChI is InChI=1S/C14H18N2O3/c1-10(15-18)11-3-7-13(8-4-11)19-9-14(17)16(2)12-5-6-12/h3-4,7-8,12,18H,5-6,9H2,1-2H3/b15-10+. The minimum atomic E-state index is -0.000298. The number of ether oxygens (including phenoxy) is 1. The first-order valence-electron chi connectivity index (χ1n) is 6.29. The van der Waals surface area contributed by atoms with Crippen LogP contribution in [0.2, 0.25) is 0 Å². The number of likely N-dealkylation sites (N-methyl/N-ethyl adjacent to an activating group) is 1. The molecule has 0 radical (unpaired) electrons. The third-order valence-corrected chi connectivity index (χ3v) is 3.27. The molecule has 0 bridgehead atoms. The molecule has 1 amide bonds. The number of oxime groups is 1. The van der Waals surface area contributed by atoms with Crippen LogP contribution in [0.5, 0.6) is 5.75 Å². The minimum absolute atomic E-state index is 0.000298. The van der Waals surface area contributed by atoms with Crippen molar-refractivity contribution < 1.29 is 14.7 Å². The fourth-order valence-electron chi connectivity index (χ4n) is 1.76. The Kier molecular flexibility index (Phi) is 4.04. The highest BCUT2D eigenvalue weighted by molar-refractivity contribution is 5.98. The maximum absolute atomic E-state index is 11.8. The molecule has 1 aliphatic rings. The Balaban J connectivity index is 1.87. The molecule has 1 N–H and O–H groups in total. The summed E-state index contributed by atoms with van der Waals surface area (Å²) in [5, 5.41) is 11.8. The molecule has 5 nitrogen and oxygen atoms in total. The van der Waals surface area contributed by atoms with Crippen LogP contribution >= 0.6 is 0 Å². The van der Waals surface area contributed by atoms with Gasteiger partial charge in [0.2, 0.25) is 0 Å². The van der Waals surface area contributed by atoms with Gasteiger partial charge in [-0.3, -0.25) is 4.79 Å². The van der Waals surface area contributed by atoms with E-state index in [4.69, 9.17) is 9.94 Å². The highest BCUT2D eigenvalue weighted by Crippen LogP contribution is 2.25. The van der Waals surface area contributed by atoms with Crippen molar-refractivity contribution in [3.05, 3.63) is 29.8 Å². The van der Waals surface area contributed by atoms with Crippen LogP contribution in [-0.4, -0.2) is 41.4 Å². The second-order valence-electron chi connectivity index (χ2n) is 4.73. The Morgan fingerprint density at radius 2 is 2.05 bits per heavy atom. The van der Waals surface area contributed by atoms with E-state index in [9.17, 15) is 4.79 Å². The van der Waals surface area contributed by atoms with E-state index in [1.165, 1.54) is 0 Å². The molecule has 0 heterocycles. The highest BCUT2D eigenvalue weighted by atomic mass is 16.5. The molecule has 102 valence electrons. The molecule has 0 aromatic heterocycles. The molecule has 0 spiro atoms. The van der Waals surface area contributed by atoms with Crippen molar-refractivity contribution in [2.75, 3.05) is 13.7 Å². The summed E-state index contributed by atoms with van der Waals surface area (Å²) in [4.78, 5) is 13.5. The fraction of sp³-hybridized carbons (Fsp3) is 0.429. The molecule has 1 fully saturated rings. The van der Waals surface area contributed by atoms with Crippen molar-refractivity contribution in [1.29, 1.82) is 0 Å². The first-order valence-corrected chi connectivity index (χ1v) is 6.29. The number of nitrogens with zero attached hydrogens (tertiary/aromatic N) is 2. The Morgan fingerprint density at radius 1 is 1.42 bits per heavy atom. The number of carbonyl (C=O) groups excluding carboxylic acids is 1. The van der Waals surface area contributed by atoms with Crippen molar-refractivity contribution in [2.24, 2.45) is 5.16 Å². The molecule has 1 saturated carbocycles. The predicted molar refractivity (Wildman–Crippen MR) is 71.7 cm³/mol. The predicted octanol–water partition coefficient (Wildman–Crippen LogP) is 1.88. The number of amides is 1. The molecule has 0 saturated heterocycles. The topological polar surface area (TPSA) is 62.1 Å². The van der Waals surface area contributed by atoms with E-state index in [1.807, 2.05) is 7.05 Å². The third-order valence-electron chi connectivity index (χ3n) is 3.27. The Labute approximate surface area is 112 Å². The summed E-state index contributed by atoms with van der Waals surface area (Å²) >= 11 is 0. The van der Waals surface area contributed by atoms with Gasteiger partial charge in [-0.25, -0.2) is 0 Å². The van der Waals surface area contributed by atoms with Crippen LogP contribution in [0.15, 0.2) is 29.4 Å². The van der Waals surface area contributed by atoms with E-state index >= 15 is 0 Å². The van der Waals surface area contributed by atoms with Crippen molar-refractivity contribution in [3.8, 4) is 5.75 Å². The molecular weight excluding hydrogens is 244 g/mol. The van der Waals surface area contributed by atoms with Gasteiger partial charge < -0.3 is 14.8 Å². The Hall–Kier alpha value is -2.04. The van der Waals surface area contributed by atoms with Gasteiger partial charge in [0.25, 0.3) is 5.91 Å². The van der Waals surface area contributed by atoms with Gasteiger partial charge in [-0.15, -0.1) is 0 Å². The van der Waals surface area contributed by atoms with Gasteiger partial charge in [-0.2, -0.15) is 0 Å². The zero-order valence-corrected chi connectivity index (χ0v) is 11.2. The lowest BCUT2D eigenvalue weighted by Crippen LogP contribution is -2.33. The third kappa shape index (κ3) is 3.47. The molecule has 1 aliphatic carbocycles. The summed E-state index contributed by atoms with van der Waals surface area (Å²) in [5.41, 5.74) is 1.35. The van der Waals surface area contributed by atoms with Crippen LogP contribution in [0.3, 0.4) is 0 Å². The first-order chi connectivity index (χ1) is 9.11. The van der Waals surface area contributed by atoms with E-state index in [1.54, 1.807) is 36.1 Å². The van der Waals surface area contributed by atoms with Gasteiger partial charge in [0.15, 0.2) is 6.61 Å². The number of rotatable bonds is 5. The van der Waals surface area contributed by atoms with Crippen LogP contribution < -0.4 is 4.74 Å². The van der Waals surface area contributed by atoms with E-state index < -0.39 is 0 Å². The molecule has 1 aromatic rings. The average Bonchev–Trinajstić information content (AvgIpc) is 3.28. The molecule has 1 aromatic carbocycles. The van der Waals surface area contributed by atoms with Crippen LogP contribution in [0.4, 0.5) is 0 Å². The Morgan fingerprint density at radius 3 is 2.58 bits per heavy atom. The maximum atomic E-state index is 11.8. The summed E-state index contributed by atoms with van der Waals surface area (Å²) in [7, 11) is 1.81. The van der Waals surface area contributed by atoms with Gasteiger partial charge in [0.05, 0.1) is 5.71 Å². The highest BCUT2D eigenvalue weighted by Gasteiger charge is 2.29. The van der Waals surface area contributed by atoms with Crippen molar-refractivity contribution in [1.82, 2.24) is 4.90 Å². The summed E-state index contributed by atoms with van der Waals surface area (Å²) < 4.78 is 5.44. The van der Waals surface area contributed by atoms with Crippen LogP contribution in [0.25, 0.3) is 0 Å². The van der Waals surface area contributed by atoms with Crippen molar-refractivity contribution in [2.45, 2.75) is 25.8 Å². The second-order valence-corrected chi connectivity index (χ2v) is 4.73. The monoisotopic (exact) mass is 262 g/mol. The number of hydrogen-bond acceptors (Lipinski definition) is 4. The quantitative estimate of drug-likeness (QED) is 0.500. The fourth-order valence-corrected chi connectivity index (χ4v) is 1.76. The van der Waals surface area contributed by atoms with Crippen LogP contribution in [-0.2, 0) is 4.79 Å². The smallest absolute Gasteiger partial charge is 0.260 e. The van der Waals surface area contributed by atoms with E-state index in [2.05, 4.69) is 5.16 Å². The molecule has 0 atom stereocenters. The maximum Gasteiger partial charge on any atom is 0.260 e. The molecule has 0 unspecified atom stereocenters. The molecule has 5 heteroatoms. The van der Waals surface area contributed by atoms with Crippen LogP contribution in [0, 0.1) is 0 Å². The zero-order valence-electron chi connectivity index (χ0n) is 11.2. The summed E-state index contributed by atoms with van der Waals surface area (Å²) in [6, 6.07) is 7.50. The van der Waals surface area contributed by atoms with E-state index in [-0.39, 0.29) is 12.5 Å². The lowest BCUT2D eigenvalue weighted by Gasteiger charge is -2.16. The first kappa shape index (κ1) is 13.4. The molecular formula is C14H18N2O3. The van der Waals surface area contributed by atoms with Gasteiger partial charge in [-0.05, 0) is 49.6 Å². The van der Waals surface area contributed by atoms with Gasteiger partial charge >= 0.3 is 0 Å². The number of hydrogen-bond donors (Lipinski definition) is 1.